The van der Waals surface area contributed by atoms with Gasteiger partial charge < -0.3 is 14.0 Å². The number of hydrogen-bond acceptors (Lipinski definition) is 6. The van der Waals surface area contributed by atoms with Crippen LogP contribution in [-0.4, -0.2) is 49.6 Å². The van der Waals surface area contributed by atoms with E-state index in [0.717, 1.165) is 35.1 Å². The average Bonchev–Trinajstić information content (AvgIpc) is 3.31. The van der Waals surface area contributed by atoms with Crippen LogP contribution in [-0.2, 0) is 6.54 Å². The van der Waals surface area contributed by atoms with Crippen LogP contribution in [0.3, 0.4) is 0 Å². The van der Waals surface area contributed by atoms with Crippen molar-refractivity contribution < 1.29 is 9.32 Å². The van der Waals surface area contributed by atoms with E-state index in [2.05, 4.69) is 27.0 Å². The first-order valence-electron chi connectivity index (χ1n) is 9.46. The Hall–Kier alpha value is -3.55. The zero-order chi connectivity index (χ0) is 20.5. The number of carbonyl (C=O) groups excluding carboxylic acids is 1. The Bertz CT molecular complexity index is 1190. The maximum absolute atomic E-state index is 12.6. The molecule has 4 aromatic rings. The summed E-state index contributed by atoms with van der Waals surface area (Å²) in [6.45, 7) is 4.60. The highest BCUT2D eigenvalue weighted by molar-refractivity contribution is 5.99. The van der Waals surface area contributed by atoms with E-state index < -0.39 is 0 Å². The van der Waals surface area contributed by atoms with Gasteiger partial charge in [0.05, 0.1) is 23.1 Å². The van der Waals surface area contributed by atoms with Crippen LogP contribution in [0.4, 0.5) is 0 Å². The first-order valence-corrected chi connectivity index (χ1v) is 9.46. The van der Waals surface area contributed by atoms with Crippen molar-refractivity contribution in [3.63, 3.8) is 0 Å². The van der Waals surface area contributed by atoms with Crippen molar-refractivity contribution >= 4 is 16.8 Å². The maximum Gasteiger partial charge on any atom is 0.269 e. The first-order chi connectivity index (χ1) is 14.0. The predicted molar refractivity (Wildman–Crippen MR) is 109 cm³/mol. The van der Waals surface area contributed by atoms with Crippen LogP contribution in [0.25, 0.3) is 33.7 Å². The summed E-state index contributed by atoms with van der Waals surface area (Å²) < 4.78 is 7.10. The Kier molecular flexibility index (Phi) is 4.84. The van der Waals surface area contributed by atoms with Gasteiger partial charge in [-0.05, 0) is 30.7 Å². The summed E-state index contributed by atoms with van der Waals surface area (Å²) in [5, 5.41) is 4.92. The van der Waals surface area contributed by atoms with Gasteiger partial charge in [0.15, 0.2) is 0 Å². The van der Waals surface area contributed by atoms with Crippen molar-refractivity contribution in [3.8, 4) is 22.8 Å². The monoisotopic (exact) mass is 390 g/mol. The SMILES string of the molecule is CCCn1c(C(=O)N(C)C)cc2cc(-c3cc(-c4noc(C)n4)ccn3)ncc21. The van der Waals surface area contributed by atoms with Gasteiger partial charge in [0.1, 0.15) is 5.69 Å². The lowest BCUT2D eigenvalue weighted by atomic mass is 10.1. The average molecular weight is 390 g/mol. The molecule has 0 bridgehead atoms. The van der Waals surface area contributed by atoms with E-state index in [1.54, 1.807) is 38.3 Å². The molecule has 0 radical (unpaired) electrons. The number of pyridine rings is 2. The number of hydrogen-bond donors (Lipinski definition) is 0. The van der Waals surface area contributed by atoms with Crippen LogP contribution in [0.5, 0.6) is 0 Å². The number of fused-ring (bicyclic) bond motifs is 1. The molecule has 0 aliphatic heterocycles. The topological polar surface area (TPSA) is 89.9 Å². The van der Waals surface area contributed by atoms with Gasteiger partial charge in [0.2, 0.25) is 11.7 Å². The van der Waals surface area contributed by atoms with Gasteiger partial charge in [-0.15, -0.1) is 0 Å². The highest BCUT2D eigenvalue weighted by Crippen LogP contribution is 2.27. The van der Waals surface area contributed by atoms with Crippen molar-refractivity contribution in [2.75, 3.05) is 14.1 Å². The van der Waals surface area contributed by atoms with Gasteiger partial charge in [-0.1, -0.05) is 12.1 Å². The van der Waals surface area contributed by atoms with Crippen molar-refractivity contribution in [1.29, 1.82) is 0 Å². The maximum atomic E-state index is 12.6. The molecule has 4 rings (SSSR count). The molecule has 0 fully saturated rings. The van der Waals surface area contributed by atoms with Crippen molar-refractivity contribution in [2.24, 2.45) is 0 Å². The van der Waals surface area contributed by atoms with Crippen LogP contribution in [0.15, 0.2) is 41.2 Å². The molecule has 0 N–H and O–H groups in total. The van der Waals surface area contributed by atoms with Gasteiger partial charge in [-0.2, -0.15) is 4.98 Å². The van der Waals surface area contributed by atoms with Crippen LogP contribution in [0.1, 0.15) is 29.7 Å². The van der Waals surface area contributed by atoms with E-state index in [1.807, 2.05) is 28.8 Å². The largest absolute Gasteiger partial charge is 0.343 e. The second-order valence-electron chi connectivity index (χ2n) is 7.08. The van der Waals surface area contributed by atoms with Crippen LogP contribution in [0, 0.1) is 6.92 Å². The molecule has 4 aromatic heterocycles. The predicted octanol–water partition coefficient (Wildman–Crippen LogP) is 3.57. The fourth-order valence-electron chi connectivity index (χ4n) is 3.30. The Labute approximate surface area is 168 Å². The molecule has 148 valence electrons. The number of carbonyl (C=O) groups is 1. The normalized spacial score (nSPS) is 11.2. The summed E-state index contributed by atoms with van der Waals surface area (Å²) in [7, 11) is 3.52. The zero-order valence-electron chi connectivity index (χ0n) is 16.9. The Morgan fingerprint density at radius 3 is 2.66 bits per heavy atom. The summed E-state index contributed by atoms with van der Waals surface area (Å²) in [5.74, 6) is 0.997. The molecular formula is C21H22N6O2. The van der Waals surface area contributed by atoms with E-state index in [9.17, 15) is 4.79 Å². The minimum absolute atomic E-state index is 0.0243. The summed E-state index contributed by atoms with van der Waals surface area (Å²) in [5.41, 5.74) is 3.83. The van der Waals surface area contributed by atoms with E-state index in [1.165, 1.54) is 0 Å². The summed E-state index contributed by atoms with van der Waals surface area (Å²) in [6, 6.07) is 7.59. The molecule has 29 heavy (non-hydrogen) atoms. The number of nitrogens with zero attached hydrogens (tertiary/aromatic N) is 6. The van der Waals surface area contributed by atoms with Crippen molar-refractivity contribution in [1.82, 2.24) is 29.6 Å². The van der Waals surface area contributed by atoms with Crippen LogP contribution < -0.4 is 0 Å². The molecule has 0 saturated carbocycles. The van der Waals surface area contributed by atoms with Crippen molar-refractivity contribution in [2.45, 2.75) is 26.8 Å². The second kappa shape index (κ2) is 7.46. The minimum atomic E-state index is -0.0243. The molecular weight excluding hydrogens is 368 g/mol. The summed E-state index contributed by atoms with van der Waals surface area (Å²) >= 11 is 0. The molecule has 0 unspecified atom stereocenters. The molecule has 8 heteroatoms. The summed E-state index contributed by atoms with van der Waals surface area (Å²) in [6.07, 6.45) is 4.43. The zero-order valence-corrected chi connectivity index (χ0v) is 16.9. The van der Waals surface area contributed by atoms with E-state index in [4.69, 9.17) is 4.52 Å². The molecule has 0 aliphatic carbocycles. The number of aromatic nitrogens is 5. The van der Waals surface area contributed by atoms with Gasteiger partial charge in [-0.25, -0.2) is 0 Å². The fourth-order valence-corrected chi connectivity index (χ4v) is 3.30. The standard InChI is InChI=1S/C21H22N6O2/c1-5-8-27-18(21(28)26(3)4)11-15-10-17(23-12-19(15)27)16-9-14(6-7-22-16)20-24-13(2)29-25-20/h6-7,9-12H,5,8H2,1-4H3. The highest BCUT2D eigenvalue weighted by atomic mass is 16.5. The van der Waals surface area contributed by atoms with Crippen molar-refractivity contribution in [3.05, 3.63) is 48.2 Å². The third kappa shape index (κ3) is 3.49. The smallest absolute Gasteiger partial charge is 0.269 e. The lowest BCUT2D eigenvalue weighted by molar-refractivity contribution is 0.0817. The first kappa shape index (κ1) is 18.8. The third-order valence-corrected chi connectivity index (χ3v) is 4.67. The molecule has 0 spiro atoms. The van der Waals surface area contributed by atoms with E-state index in [0.29, 0.717) is 23.1 Å². The lowest BCUT2D eigenvalue weighted by Crippen LogP contribution is -2.24. The van der Waals surface area contributed by atoms with Gasteiger partial charge in [0.25, 0.3) is 5.91 Å². The minimum Gasteiger partial charge on any atom is -0.343 e. The number of rotatable bonds is 5. The highest BCUT2D eigenvalue weighted by Gasteiger charge is 2.18. The second-order valence-corrected chi connectivity index (χ2v) is 7.08. The van der Waals surface area contributed by atoms with E-state index >= 15 is 0 Å². The van der Waals surface area contributed by atoms with Crippen LogP contribution >= 0.6 is 0 Å². The molecule has 8 nitrogen and oxygen atoms in total. The Balaban J connectivity index is 1.79. The van der Waals surface area contributed by atoms with Gasteiger partial charge in [-0.3, -0.25) is 14.8 Å². The molecule has 0 aliphatic rings. The number of aryl methyl sites for hydroxylation is 2. The molecule has 4 heterocycles. The Morgan fingerprint density at radius 2 is 1.97 bits per heavy atom. The van der Waals surface area contributed by atoms with Crippen LogP contribution in [0.2, 0.25) is 0 Å². The molecule has 0 aromatic carbocycles. The molecule has 0 atom stereocenters. The quantitative estimate of drug-likeness (QED) is 0.517. The van der Waals surface area contributed by atoms with Gasteiger partial charge in [0, 0.05) is 44.7 Å². The van der Waals surface area contributed by atoms with Gasteiger partial charge >= 0.3 is 0 Å². The molecule has 0 saturated heterocycles. The Morgan fingerprint density at radius 1 is 1.17 bits per heavy atom. The fraction of sp³-hybridized carbons (Fsp3) is 0.286. The number of amides is 1. The lowest BCUT2D eigenvalue weighted by Gasteiger charge is -2.13. The summed E-state index contributed by atoms with van der Waals surface area (Å²) in [4.78, 5) is 27.5. The molecule has 1 amide bonds. The van der Waals surface area contributed by atoms with E-state index in [-0.39, 0.29) is 5.91 Å². The third-order valence-electron chi connectivity index (χ3n) is 4.67.